The van der Waals surface area contributed by atoms with Gasteiger partial charge in [0.05, 0.1) is 19.3 Å². The van der Waals surface area contributed by atoms with Gasteiger partial charge in [-0.05, 0) is 13.8 Å². The van der Waals surface area contributed by atoms with E-state index < -0.39 is 23.9 Å². The van der Waals surface area contributed by atoms with Crippen molar-refractivity contribution < 1.29 is 32.2 Å². The number of alkyl carbamates (subject to hydrolysis) is 1. The third-order valence-electron chi connectivity index (χ3n) is 1.37. The number of allylic oxidation sites excluding steroid dienone is 1. The maximum absolute atomic E-state index is 12.4. The third kappa shape index (κ3) is 6.44. The molecule has 1 N–H and O–H groups in total. The van der Waals surface area contributed by atoms with E-state index in [4.69, 9.17) is 0 Å². The molecule has 0 spiro atoms. The van der Waals surface area contributed by atoms with E-state index in [1.807, 2.05) is 0 Å². The number of carbonyl (C=O) groups excluding carboxylic acids is 2. The van der Waals surface area contributed by atoms with Crippen LogP contribution in [0, 0.1) is 0 Å². The van der Waals surface area contributed by atoms with E-state index in [1.54, 1.807) is 0 Å². The van der Waals surface area contributed by atoms with E-state index in [2.05, 4.69) is 9.47 Å². The molecule has 0 aliphatic heterocycles. The Morgan fingerprint density at radius 1 is 1.18 bits per heavy atom. The maximum Gasteiger partial charge on any atom is 0.431 e. The van der Waals surface area contributed by atoms with Gasteiger partial charge in [0.1, 0.15) is 5.70 Å². The van der Waals surface area contributed by atoms with Crippen molar-refractivity contribution in [1.82, 2.24) is 5.32 Å². The third-order valence-corrected chi connectivity index (χ3v) is 1.37. The van der Waals surface area contributed by atoms with Crippen molar-refractivity contribution in [3.8, 4) is 0 Å². The molecule has 0 aromatic carbocycles. The average Bonchev–Trinajstić information content (AvgIpc) is 2.16. The van der Waals surface area contributed by atoms with Crippen molar-refractivity contribution in [2.45, 2.75) is 20.0 Å². The largest absolute Gasteiger partial charge is 0.463 e. The predicted octanol–water partition coefficient (Wildman–Crippen LogP) is 1.74. The lowest BCUT2D eigenvalue weighted by atomic mass is 10.4. The molecule has 17 heavy (non-hydrogen) atoms. The summed E-state index contributed by atoms with van der Waals surface area (Å²) in [6, 6.07) is 0. The second-order valence-electron chi connectivity index (χ2n) is 2.65. The topological polar surface area (TPSA) is 64.6 Å². The Morgan fingerprint density at radius 2 is 1.71 bits per heavy atom. The van der Waals surface area contributed by atoms with Crippen LogP contribution < -0.4 is 5.32 Å². The fourth-order valence-corrected chi connectivity index (χ4v) is 0.768. The summed E-state index contributed by atoms with van der Waals surface area (Å²) in [6.45, 7) is 2.72. The maximum atomic E-state index is 12.4. The summed E-state index contributed by atoms with van der Waals surface area (Å²) in [5.41, 5.74) is -1.53. The van der Waals surface area contributed by atoms with Crippen molar-refractivity contribution in [2.24, 2.45) is 0 Å². The lowest BCUT2D eigenvalue weighted by Gasteiger charge is -2.12. The molecule has 0 aliphatic carbocycles. The summed E-state index contributed by atoms with van der Waals surface area (Å²) < 4.78 is 45.7. The van der Waals surface area contributed by atoms with Gasteiger partial charge in [0.25, 0.3) is 0 Å². The van der Waals surface area contributed by atoms with Crippen LogP contribution in [0.4, 0.5) is 18.0 Å². The van der Waals surface area contributed by atoms with Crippen LogP contribution in [0.3, 0.4) is 0 Å². The monoisotopic (exact) mass is 255 g/mol. The van der Waals surface area contributed by atoms with Crippen molar-refractivity contribution >= 4 is 12.1 Å². The van der Waals surface area contributed by atoms with Crippen LogP contribution in [-0.2, 0) is 14.3 Å². The molecule has 0 aliphatic rings. The Kier molecular flexibility index (Phi) is 6.08. The summed E-state index contributed by atoms with van der Waals surface area (Å²) in [7, 11) is 0. The number of halogens is 3. The molecule has 98 valence electrons. The highest BCUT2D eigenvalue weighted by molar-refractivity contribution is 5.84. The Labute approximate surface area is 95.6 Å². The minimum Gasteiger partial charge on any atom is -0.463 e. The van der Waals surface area contributed by atoms with Gasteiger partial charge in [0, 0.05) is 0 Å². The van der Waals surface area contributed by atoms with Crippen LogP contribution in [0.2, 0.25) is 0 Å². The zero-order chi connectivity index (χ0) is 13.5. The summed E-state index contributed by atoms with van der Waals surface area (Å²) >= 11 is 0. The van der Waals surface area contributed by atoms with Gasteiger partial charge in [-0.1, -0.05) is 0 Å². The van der Waals surface area contributed by atoms with Crippen molar-refractivity contribution in [1.29, 1.82) is 0 Å². The summed E-state index contributed by atoms with van der Waals surface area (Å²) in [5, 5.41) is 1.42. The molecule has 0 unspecified atom stereocenters. The van der Waals surface area contributed by atoms with E-state index in [1.165, 1.54) is 19.2 Å². The minimum absolute atomic E-state index is 0.0696. The van der Waals surface area contributed by atoms with Gasteiger partial charge < -0.3 is 9.47 Å². The highest BCUT2D eigenvalue weighted by Gasteiger charge is 2.36. The van der Waals surface area contributed by atoms with Crippen molar-refractivity contribution in [3.05, 3.63) is 11.8 Å². The van der Waals surface area contributed by atoms with Gasteiger partial charge in [-0.3, -0.25) is 5.32 Å². The molecular weight excluding hydrogens is 243 g/mol. The lowest BCUT2D eigenvalue weighted by Crippen LogP contribution is -2.32. The van der Waals surface area contributed by atoms with Gasteiger partial charge in [-0.15, -0.1) is 0 Å². The van der Waals surface area contributed by atoms with Crippen molar-refractivity contribution in [3.63, 3.8) is 0 Å². The lowest BCUT2D eigenvalue weighted by molar-refractivity contribution is -0.138. The first-order valence-electron chi connectivity index (χ1n) is 4.70. The zero-order valence-corrected chi connectivity index (χ0v) is 9.26. The van der Waals surface area contributed by atoms with Gasteiger partial charge in [-0.25, -0.2) is 9.59 Å². The Balaban J connectivity index is 4.78. The standard InChI is InChI=1S/C9H12F3NO4/c1-3-16-7(14)5-6(9(10,11)12)13-8(15)17-4-2/h5H,3-4H2,1-2H3,(H,13,15). The summed E-state index contributed by atoms with van der Waals surface area (Å²) in [5.74, 6) is -1.20. The molecule has 0 fully saturated rings. The Bertz CT molecular complexity index is 312. The first kappa shape index (κ1) is 15.3. The molecule has 0 saturated heterocycles. The number of esters is 1. The molecular formula is C9H12F3NO4. The molecule has 0 heterocycles. The molecule has 5 nitrogen and oxygen atoms in total. The first-order chi connectivity index (χ1) is 7.81. The van der Waals surface area contributed by atoms with Crippen LogP contribution in [0.5, 0.6) is 0 Å². The fraction of sp³-hybridized carbons (Fsp3) is 0.556. The molecule has 0 atom stereocenters. The molecule has 8 heteroatoms. The van der Waals surface area contributed by atoms with Crippen LogP contribution in [-0.4, -0.2) is 31.5 Å². The molecule has 0 bridgehead atoms. The predicted molar refractivity (Wildman–Crippen MR) is 50.9 cm³/mol. The van der Waals surface area contributed by atoms with Gasteiger partial charge >= 0.3 is 18.2 Å². The van der Waals surface area contributed by atoms with E-state index >= 15 is 0 Å². The van der Waals surface area contributed by atoms with E-state index in [9.17, 15) is 22.8 Å². The SMILES string of the molecule is CCOC(=O)C=C(NC(=O)OCC)C(F)(F)F. The number of nitrogens with one attached hydrogen (secondary N) is 1. The molecule has 0 rings (SSSR count). The molecule has 0 radical (unpaired) electrons. The van der Waals surface area contributed by atoms with Crippen molar-refractivity contribution in [2.75, 3.05) is 13.2 Å². The van der Waals surface area contributed by atoms with Gasteiger partial charge in [0.15, 0.2) is 0 Å². The second kappa shape index (κ2) is 6.77. The van der Waals surface area contributed by atoms with Crippen LogP contribution in [0.25, 0.3) is 0 Å². The Morgan fingerprint density at radius 3 is 2.12 bits per heavy atom. The summed E-state index contributed by atoms with van der Waals surface area (Å²) in [6.07, 6.45) is -6.01. The fourth-order valence-electron chi connectivity index (χ4n) is 0.768. The van der Waals surface area contributed by atoms with Crippen LogP contribution >= 0.6 is 0 Å². The number of ether oxygens (including phenoxy) is 2. The van der Waals surface area contributed by atoms with Gasteiger partial charge in [0.2, 0.25) is 0 Å². The number of hydrogen-bond acceptors (Lipinski definition) is 4. The van der Waals surface area contributed by atoms with E-state index in [0.717, 1.165) is 0 Å². The van der Waals surface area contributed by atoms with Gasteiger partial charge in [-0.2, -0.15) is 13.2 Å². The quantitative estimate of drug-likeness (QED) is 0.614. The molecule has 0 aromatic heterocycles. The minimum atomic E-state index is -4.88. The number of hydrogen-bond donors (Lipinski definition) is 1. The van der Waals surface area contributed by atoms with E-state index in [-0.39, 0.29) is 19.3 Å². The van der Waals surface area contributed by atoms with Crippen LogP contribution in [0.15, 0.2) is 11.8 Å². The smallest absolute Gasteiger partial charge is 0.431 e. The summed E-state index contributed by atoms with van der Waals surface area (Å²) in [4.78, 5) is 21.7. The number of amides is 1. The van der Waals surface area contributed by atoms with E-state index in [0.29, 0.717) is 0 Å². The highest BCUT2D eigenvalue weighted by atomic mass is 19.4. The highest BCUT2D eigenvalue weighted by Crippen LogP contribution is 2.23. The number of alkyl halides is 3. The Hall–Kier alpha value is -1.73. The molecule has 0 aromatic rings. The second-order valence-corrected chi connectivity index (χ2v) is 2.65. The average molecular weight is 255 g/mol. The number of rotatable bonds is 4. The first-order valence-corrected chi connectivity index (χ1v) is 4.70. The van der Waals surface area contributed by atoms with Crippen LogP contribution in [0.1, 0.15) is 13.8 Å². The normalized spacial score (nSPS) is 11.9. The zero-order valence-electron chi connectivity index (χ0n) is 9.26. The number of carbonyl (C=O) groups is 2. The molecule has 0 saturated carbocycles. The molecule has 1 amide bonds.